The molecule has 3 aromatic carbocycles. The molecular weight excluding hydrogens is 471 g/mol. The van der Waals surface area contributed by atoms with E-state index in [1.54, 1.807) is 25.3 Å². The van der Waals surface area contributed by atoms with Crippen LogP contribution in [0.2, 0.25) is 0 Å². The molecule has 7 nitrogen and oxygen atoms in total. The number of rotatable bonds is 6. The van der Waals surface area contributed by atoms with Gasteiger partial charge in [0.15, 0.2) is 0 Å². The Morgan fingerprint density at radius 1 is 1.03 bits per heavy atom. The number of nitrogens with zero attached hydrogens (tertiary/aromatic N) is 3. The van der Waals surface area contributed by atoms with E-state index in [1.165, 1.54) is 11.0 Å². The van der Waals surface area contributed by atoms with E-state index in [1.807, 2.05) is 63.2 Å². The molecule has 1 aliphatic heterocycles. The number of hydrogen-bond donors (Lipinski definition) is 1. The minimum absolute atomic E-state index is 0.0599. The van der Waals surface area contributed by atoms with Crippen molar-refractivity contribution in [3.8, 4) is 17.1 Å². The van der Waals surface area contributed by atoms with Crippen molar-refractivity contribution < 1.29 is 18.4 Å². The normalized spacial score (nSPS) is 15.6. The minimum Gasteiger partial charge on any atom is -0.497 e. The molecule has 4 aromatic rings. The van der Waals surface area contributed by atoms with Crippen molar-refractivity contribution in [1.29, 1.82) is 0 Å². The highest BCUT2D eigenvalue weighted by molar-refractivity contribution is 5.87. The lowest BCUT2D eigenvalue weighted by atomic mass is 9.92. The molecule has 5 rings (SSSR count). The van der Waals surface area contributed by atoms with Gasteiger partial charge in [-0.3, -0.25) is 4.90 Å². The molecule has 1 aliphatic rings. The second-order valence-corrected chi connectivity index (χ2v) is 9.06. The third-order valence-corrected chi connectivity index (χ3v) is 6.73. The Morgan fingerprint density at radius 2 is 1.84 bits per heavy atom. The van der Waals surface area contributed by atoms with Crippen LogP contribution in [0.1, 0.15) is 41.1 Å². The summed E-state index contributed by atoms with van der Waals surface area (Å²) < 4.78 is 25.5. The standard InChI is InChI=1S/C29H27FN4O3/c1-17-12-13-20(14-18(17)2)26-25(28-32-27(33-37-28)21-9-7-10-23(15-21)36-4)19(3)34(29(35)31-26)16-22-8-5-6-11-24(22)30/h5-15,26H,16H2,1-4H3,(H,31,35). The number of ether oxygens (including phenoxy) is 1. The predicted molar refractivity (Wildman–Crippen MR) is 138 cm³/mol. The van der Waals surface area contributed by atoms with Gasteiger partial charge < -0.3 is 14.6 Å². The van der Waals surface area contributed by atoms with Gasteiger partial charge in [0.25, 0.3) is 5.89 Å². The van der Waals surface area contributed by atoms with Crippen LogP contribution in [-0.4, -0.2) is 28.2 Å². The van der Waals surface area contributed by atoms with Crippen molar-refractivity contribution >= 4 is 11.6 Å². The van der Waals surface area contributed by atoms with E-state index in [-0.39, 0.29) is 24.3 Å². The van der Waals surface area contributed by atoms with Gasteiger partial charge in [-0.2, -0.15) is 4.98 Å². The van der Waals surface area contributed by atoms with E-state index in [0.717, 1.165) is 22.3 Å². The molecule has 37 heavy (non-hydrogen) atoms. The smallest absolute Gasteiger partial charge is 0.322 e. The molecule has 2 heterocycles. The number of carbonyl (C=O) groups excluding carboxylic acids is 1. The van der Waals surface area contributed by atoms with Crippen LogP contribution in [0.15, 0.2) is 77.0 Å². The van der Waals surface area contributed by atoms with E-state index < -0.39 is 6.04 Å². The monoisotopic (exact) mass is 498 g/mol. The van der Waals surface area contributed by atoms with Crippen molar-refractivity contribution in [3.63, 3.8) is 0 Å². The summed E-state index contributed by atoms with van der Waals surface area (Å²) in [4.78, 5) is 19.5. The highest BCUT2D eigenvalue weighted by Crippen LogP contribution is 2.38. The lowest BCUT2D eigenvalue weighted by Gasteiger charge is -2.35. The Bertz CT molecular complexity index is 1510. The van der Waals surface area contributed by atoms with Gasteiger partial charge in [-0.25, -0.2) is 9.18 Å². The molecular formula is C29H27FN4O3. The van der Waals surface area contributed by atoms with Crippen LogP contribution in [0, 0.1) is 19.7 Å². The van der Waals surface area contributed by atoms with Gasteiger partial charge >= 0.3 is 6.03 Å². The van der Waals surface area contributed by atoms with Crippen LogP contribution in [0.5, 0.6) is 5.75 Å². The first-order valence-corrected chi connectivity index (χ1v) is 11.9. The van der Waals surface area contributed by atoms with Gasteiger partial charge in [-0.15, -0.1) is 0 Å². The minimum atomic E-state index is -0.526. The first-order chi connectivity index (χ1) is 17.9. The molecule has 8 heteroatoms. The predicted octanol–water partition coefficient (Wildman–Crippen LogP) is 6.20. The number of nitrogens with one attached hydrogen (secondary N) is 1. The van der Waals surface area contributed by atoms with Crippen LogP contribution in [-0.2, 0) is 6.54 Å². The molecule has 1 unspecified atom stereocenters. The Labute approximate surface area is 214 Å². The molecule has 188 valence electrons. The fraction of sp³-hybridized carbons (Fsp3) is 0.207. The van der Waals surface area contributed by atoms with E-state index in [2.05, 4.69) is 15.5 Å². The van der Waals surface area contributed by atoms with Gasteiger partial charge in [0.2, 0.25) is 5.82 Å². The van der Waals surface area contributed by atoms with Crippen molar-refractivity contribution in [3.05, 3.63) is 106 Å². The largest absolute Gasteiger partial charge is 0.497 e. The molecule has 0 fully saturated rings. The average molecular weight is 499 g/mol. The highest BCUT2D eigenvalue weighted by Gasteiger charge is 2.36. The zero-order chi connectivity index (χ0) is 26.1. The molecule has 0 aliphatic carbocycles. The number of urea groups is 1. The van der Waals surface area contributed by atoms with Crippen molar-refractivity contribution in [1.82, 2.24) is 20.4 Å². The zero-order valence-corrected chi connectivity index (χ0v) is 21.1. The van der Waals surface area contributed by atoms with Gasteiger partial charge in [0.1, 0.15) is 11.6 Å². The Balaban J connectivity index is 1.62. The molecule has 1 aromatic heterocycles. The third kappa shape index (κ3) is 4.70. The first kappa shape index (κ1) is 24.2. The number of aromatic nitrogens is 2. The molecule has 1 atom stereocenters. The van der Waals surface area contributed by atoms with Gasteiger partial charge in [0.05, 0.1) is 25.3 Å². The van der Waals surface area contributed by atoms with Crippen LogP contribution in [0.25, 0.3) is 17.0 Å². The maximum Gasteiger partial charge on any atom is 0.322 e. The molecule has 0 spiro atoms. The average Bonchev–Trinajstić information content (AvgIpc) is 3.38. The van der Waals surface area contributed by atoms with Crippen molar-refractivity contribution in [2.24, 2.45) is 0 Å². The number of carbonyl (C=O) groups is 1. The van der Waals surface area contributed by atoms with Crippen LogP contribution in [0.3, 0.4) is 0 Å². The summed E-state index contributed by atoms with van der Waals surface area (Å²) in [7, 11) is 1.60. The summed E-state index contributed by atoms with van der Waals surface area (Å²) in [6, 6.07) is 19.0. The summed E-state index contributed by atoms with van der Waals surface area (Å²) in [5, 5.41) is 7.28. The number of methoxy groups -OCH3 is 1. The van der Waals surface area contributed by atoms with Gasteiger partial charge in [-0.1, -0.05) is 53.7 Å². The van der Waals surface area contributed by atoms with Crippen LogP contribution < -0.4 is 10.1 Å². The van der Waals surface area contributed by atoms with E-state index in [4.69, 9.17) is 9.26 Å². The molecule has 0 saturated carbocycles. The fourth-order valence-electron chi connectivity index (χ4n) is 4.45. The highest BCUT2D eigenvalue weighted by atomic mass is 19.1. The molecule has 0 saturated heterocycles. The third-order valence-electron chi connectivity index (χ3n) is 6.73. The topological polar surface area (TPSA) is 80.5 Å². The summed E-state index contributed by atoms with van der Waals surface area (Å²) in [5.74, 6) is 0.968. The van der Waals surface area contributed by atoms with Crippen LogP contribution in [0.4, 0.5) is 9.18 Å². The van der Waals surface area contributed by atoms with E-state index in [0.29, 0.717) is 28.4 Å². The first-order valence-electron chi connectivity index (χ1n) is 11.9. The Morgan fingerprint density at radius 3 is 2.59 bits per heavy atom. The second kappa shape index (κ2) is 9.89. The lowest BCUT2D eigenvalue weighted by Crippen LogP contribution is -2.45. The molecule has 2 amide bonds. The quantitative estimate of drug-likeness (QED) is 0.342. The number of benzene rings is 3. The Hall–Kier alpha value is -4.46. The number of amides is 2. The number of halogens is 1. The second-order valence-electron chi connectivity index (χ2n) is 9.06. The lowest BCUT2D eigenvalue weighted by molar-refractivity contribution is 0.202. The summed E-state index contributed by atoms with van der Waals surface area (Å²) in [6.07, 6.45) is 0. The Kier molecular flexibility index (Phi) is 6.48. The zero-order valence-electron chi connectivity index (χ0n) is 21.1. The molecule has 1 N–H and O–H groups in total. The molecule has 0 radical (unpaired) electrons. The van der Waals surface area contributed by atoms with Gasteiger partial charge in [-0.05, 0) is 55.7 Å². The van der Waals surface area contributed by atoms with Gasteiger partial charge in [0, 0.05) is 16.8 Å². The molecule has 0 bridgehead atoms. The summed E-state index contributed by atoms with van der Waals surface area (Å²) in [6.45, 7) is 5.94. The fourth-order valence-corrected chi connectivity index (χ4v) is 4.45. The SMILES string of the molecule is COc1cccc(-c2noc(C3=C(C)N(Cc4ccccc4F)C(=O)NC3c3ccc(C)c(C)c3)n2)c1. The van der Waals surface area contributed by atoms with Crippen molar-refractivity contribution in [2.75, 3.05) is 7.11 Å². The number of hydrogen-bond acceptors (Lipinski definition) is 5. The maximum atomic E-state index is 14.5. The van der Waals surface area contributed by atoms with E-state index in [9.17, 15) is 9.18 Å². The summed E-state index contributed by atoms with van der Waals surface area (Å²) >= 11 is 0. The summed E-state index contributed by atoms with van der Waals surface area (Å²) in [5.41, 5.74) is 5.53. The van der Waals surface area contributed by atoms with E-state index >= 15 is 0 Å². The number of aryl methyl sites for hydroxylation is 2. The number of allylic oxidation sites excluding steroid dienone is 1. The van der Waals surface area contributed by atoms with Crippen molar-refractivity contribution in [2.45, 2.75) is 33.4 Å². The van der Waals surface area contributed by atoms with Crippen LogP contribution >= 0.6 is 0 Å². The maximum absolute atomic E-state index is 14.5.